The van der Waals surface area contributed by atoms with E-state index in [1.807, 2.05) is 0 Å². The Hall–Kier alpha value is -0.120. The molecule has 66 valence electrons. The van der Waals surface area contributed by atoms with E-state index in [9.17, 15) is 5.11 Å². The lowest BCUT2D eigenvalue weighted by Crippen LogP contribution is -2.41. The molecule has 1 rings (SSSR count). The van der Waals surface area contributed by atoms with Crippen LogP contribution in [0.1, 0.15) is 26.2 Å². The summed E-state index contributed by atoms with van der Waals surface area (Å²) < 4.78 is 5.40. The largest absolute Gasteiger partial charge is 0.386 e. The number of nitrogens with two attached hydrogens (primary N) is 1. The third kappa shape index (κ3) is 2.77. The van der Waals surface area contributed by atoms with Gasteiger partial charge in [0.05, 0.1) is 18.3 Å². The Morgan fingerprint density at radius 1 is 1.64 bits per heavy atom. The Labute approximate surface area is 67.5 Å². The summed E-state index contributed by atoms with van der Waals surface area (Å²) in [6, 6.07) is 0. The summed E-state index contributed by atoms with van der Waals surface area (Å²) in [4.78, 5) is 0. The molecule has 3 nitrogen and oxygen atoms in total. The van der Waals surface area contributed by atoms with Crippen LogP contribution in [0.2, 0.25) is 0 Å². The lowest BCUT2D eigenvalue weighted by molar-refractivity contribution is -0.0795. The Morgan fingerprint density at radius 2 is 2.27 bits per heavy atom. The van der Waals surface area contributed by atoms with Crippen molar-refractivity contribution in [2.75, 3.05) is 13.2 Å². The maximum Gasteiger partial charge on any atom is 0.0973 e. The molecule has 0 heterocycles. The Morgan fingerprint density at radius 3 is 2.64 bits per heavy atom. The maximum atomic E-state index is 9.44. The molecule has 1 aliphatic carbocycles. The summed E-state index contributed by atoms with van der Waals surface area (Å²) in [6.45, 7) is 2.33. The molecule has 1 fully saturated rings. The maximum absolute atomic E-state index is 9.44. The van der Waals surface area contributed by atoms with E-state index in [0.717, 1.165) is 12.8 Å². The molecule has 0 aromatic heterocycles. The van der Waals surface area contributed by atoms with Crippen molar-refractivity contribution in [1.29, 1.82) is 0 Å². The van der Waals surface area contributed by atoms with E-state index in [0.29, 0.717) is 12.7 Å². The predicted octanol–water partition coefficient (Wildman–Crippen LogP) is 0.265. The van der Waals surface area contributed by atoms with Crippen molar-refractivity contribution in [3.05, 3.63) is 0 Å². The average molecular weight is 159 g/mol. The van der Waals surface area contributed by atoms with Crippen LogP contribution in [0, 0.1) is 0 Å². The zero-order valence-electron chi connectivity index (χ0n) is 7.05. The van der Waals surface area contributed by atoms with Crippen molar-refractivity contribution in [2.24, 2.45) is 5.73 Å². The molecule has 0 bridgehead atoms. The van der Waals surface area contributed by atoms with Gasteiger partial charge in [0.1, 0.15) is 0 Å². The van der Waals surface area contributed by atoms with Gasteiger partial charge < -0.3 is 15.6 Å². The topological polar surface area (TPSA) is 55.5 Å². The SMILES string of the molecule is CC(O)(CN)COC1CCC1. The van der Waals surface area contributed by atoms with Gasteiger partial charge in [0, 0.05) is 6.54 Å². The molecule has 1 saturated carbocycles. The molecule has 0 radical (unpaired) electrons. The first-order valence-corrected chi connectivity index (χ1v) is 4.18. The normalized spacial score (nSPS) is 24.3. The van der Waals surface area contributed by atoms with Crippen LogP contribution in [0.4, 0.5) is 0 Å². The van der Waals surface area contributed by atoms with Gasteiger partial charge in [-0.25, -0.2) is 0 Å². The van der Waals surface area contributed by atoms with Gasteiger partial charge in [0.15, 0.2) is 0 Å². The van der Waals surface area contributed by atoms with Gasteiger partial charge in [-0.15, -0.1) is 0 Å². The second kappa shape index (κ2) is 3.52. The van der Waals surface area contributed by atoms with Crippen LogP contribution in [0.3, 0.4) is 0 Å². The molecule has 0 aromatic carbocycles. The van der Waals surface area contributed by atoms with Crippen LogP contribution in [-0.2, 0) is 4.74 Å². The standard InChI is InChI=1S/C8H17NO2/c1-8(10,5-9)6-11-7-3-2-4-7/h7,10H,2-6,9H2,1H3. The molecule has 1 unspecified atom stereocenters. The monoisotopic (exact) mass is 159 g/mol. The third-order valence-corrected chi connectivity index (χ3v) is 2.12. The highest BCUT2D eigenvalue weighted by molar-refractivity contribution is 4.76. The van der Waals surface area contributed by atoms with Crippen molar-refractivity contribution < 1.29 is 9.84 Å². The quantitative estimate of drug-likeness (QED) is 0.619. The molecular weight excluding hydrogens is 142 g/mol. The fourth-order valence-corrected chi connectivity index (χ4v) is 0.894. The second-order valence-electron chi connectivity index (χ2n) is 3.56. The summed E-state index contributed by atoms with van der Waals surface area (Å²) >= 11 is 0. The van der Waals surface area contributed by atoms with Gasteiger partial charge in [-0.3, -0.25) is 0 Å². The van der Waals surface area contributed by atoms with Gasteiger partial charge >= 0.3 is 0 Å². The predicted molar refractivity (Wildman–Crippen MR) is 43.3 cm³/mol. The molecule has 1 atom stereocenters. The summed E-state index contributed by atoms with van der Waals surface area (Å²) in [5.41, 5.74) is 4.48. The summed E-state index contributed by atoms with van der Waals surface area (Å²) in [5, 5.41) is 9.44. The minimum atomic E-state index is -0.838. The first-order valence-electron chi connectivity index (χ1n) is 4.18. The lowest BCUT2D eigenvalue weighted by Gasteiger charge is -2.29. The fourth-order valence-electron chi connectivity index (χ4n) is 0.894. The van der Waals surface area contributed by atoms with E-state index in [4.69, 9.17) is 10.5 Å². The van der Waals surface area contributed by atoms with Crippen molar-refractivity contribution in [3.8, 4) is 0 Å². The van der Waals surface area contributed by atoms with E-state index in [-0.39, 0.29) is 6.54 Å². The van der Waals surface area contributed by atoms with Crippen LogP contribution in [0.15, 0.2) is 0 Å². The van der Waals surface area contributed by atoms with Gasteiger partial charge in [0.25, 0.3) is 0 Å². The van der Waals surface area contributed by atoms with Crippen LogP contribution < -0.4 is 5.73 Å². The molecular formula is C8H17NO2. The number of hydrogen-bond acceptors (Lipinski definition) is 3. The molecule has 0 saturated heterocycles. The lowest BCUT2D eigenvalue weighted by atomic mass is 9.96. The van der Waals surface area contributed by atoms with E-state index in [1.165, 1.54) is 6.42 Å². The van der Waals surface area contributed by atoms with E-state index < -0.39 is 5.60 Å². The highest BCUT2D eigenvalue weighted by Gasteiger charge is 2.23. The highest BCUT2D eigenvalue weighted by atomic mass is 16.5. The smallest absolute Gasteiger partial charge is 0.0973 e. The summed E-state index contributed by atoms with van der Waals surface area (Å²) in [7, 11) is 0. The van der Waals surface area contributed by atoms with E-state index in [2.05, 4.69) is 0 Å². The number of hydrogen-bond donors (Lipinski definition) is 2. The average Bonchev–Trinajstić information content (AvgIpc) is 1.84. The zero-order chi connectivity index (χ0) is 8.32. The minimum absolute atomic E-state index is 0.264. The van der Waals surface area contributed by atoms with E-state index in [1.54, 1.807) is 6.92 Å². The Kier molecular flexibility index (Phi) is 2.87. The molecule has 11 heavy (non-hydrogen) atoms. The van der Waals surface area contributed by atoms with Crippen LogP contribution in [0.25, 0.3) is 0 Å². The number of aliphatic hydroxyl groups is 1. The second-order valence-corrected chi connectivity index (χ2v) is 3.56. The van der Waals surface area contributed by atoms with Crippen molar-refractivity contribution in [1.82, 2.24) is 0 Å². The Balaban J connectivity index is 2.09. The first-order chi connectivity index (χ1) is 5.14. The summed E-state index contributed by atoms with van der Waals surface area (Å²) in [5.74, 6) is 0. The molecule has 0 amide bonds. The molecule has 3 N–H and O–H groups in total. The van der Waals surface area contributed by atoms with Gasteiger partial charge in [-0.1, -0.05) is 0 Å². The van der Waals surface area contributed by atoms with Crippen molar-refractivity contribution >= 4 is 0 Å². The van der Waals surface area contributed by atoms with Crippen molar-refractivity contribution in [3.63, 3.8) is 0 Å². The molecule has 0 aromatic rings. The van der Waals surface area contributed by atoms with Crippen LogP contribution in [-0.4, -0.2) is 30.0 Å². The fraction of sp³-hybridized carbons (Fsp3) is 1.00. The first kappa shape index (κ1) is 8.97. The number of ether oxygens (including phenoxy) is 1. The molecule has 0 spiro atoms. The molecule has 0 aliphatic heterocycles. The third-order valence-electron chi connectivity index (χ3n) is 2.12. The zero-order valence-corrected chi connectivity index (χ0v) is 7.05. The minimum Gasteiger partial charge on any atom is -0.386 e. The van der Waals surface area contributed by atoms with Crippen molar-refractivity contribution in [2.45, 2.75) is 37.9 Å². The number of rotatable bonds is 4. The Bertz CT molecular complexity index is 121. The van der Waals surface area contributed by atoms with Crippen LogP contribution >= 0.6 is 0 Å². The van der Waals surface area contributed by atoms with Gasteiger partial charge in [-0.2, -0.15) is 0 Å². The molecule has 1 aliphatic rings. The van der Waals surface area contributed by atoms with E-state index >= 15 is 0 Å². The van der Waals surface area contributed by atoms with Gasteiger partial charge in [-0.05, 0) is 26.2 Å². The van der Waals surface area contributed by atoms with Gasteiger partial charge in [0.2, 0.25) is 0 Å². The molecule has 3 heteroatoms. The van der Waals surface area contributed by atoms with Crippen LogP contribution in [0.5, 0.6) is 0 Å². The summed E-state index contributed by atoms with van der Waals surface area (Å²) in [6.07, 6.45) is 3.92. The highest BCUT2D eigenvalue weighted by Crippen LogP contribution is 2.22.